The molecule has 0 atom stereocenters. The molecule has 5 nitrogen and oxygen atoms in total. The lowest BCUT2D eigenvalue weighted by atomic mass is 10.1. The van der Waals surface area contributed by atoms with Crippen LogP contribution in [-0.2, 0) is 9.47 Å². The summed E-state index contributed by atoms with van der Waals surface area (Å²) < 4.78 is 21.4. The van der Waals surface area contributed by atoms with Gasteiger partial charge in [-0.15, -0.1) is 0 Å². The Labute approximate surface area is 106 Å². The topological polar surface area (TPSA) is 60.7 Å². The first-order chi connectivity index (χ1) is 8.80. The third-order valence-electron chi connectivity index (χ3n) is 2.75. The van der Waals surface area contributed by atoms with Crippen molar-refractivity contribution in [3.8, 4) is 17.6 Å². The van der Waals surface area contributed by atoms with E-state index in [1.165, 1.54) is 7.11 Å². The van der Waals surface area contributed by atoms with Gasteiger partial charge in [0.25, 0.3) is 0 Å². The molecule has 0 spiro atoms. The van der Waals surface area contributed by atoms with Gasteiger partial charge in [-0.05, 0) is 12.5 Å². The largest absolute Gasteiger partial charge is 0.497 e. The van der Waals surface area contributed by atoms with Crippen LogP contribution in [0.2, 0.25) is 0 Å². The Morgan fingerprint density at radius 3 is 2.50 bits per heavy atom. The second kappa shape index (κ2) is 5.71. The molecule has 0 amide bonds. The molecule has 0 bridgehead atoms. The summed E-state index contributed by atoms with van der Waals surface area (Å²) in [6.45, 7) is 1.24. The van der Waals surface area contributed by atoms with Gasteiger partial charge in [-0.2, -0.15) is 5.26 Å². The summed E-state index contributed by atoms with van der Waals surface area (Å²) in [5, 5.41) is 9.24. The highest BCUT2D eigenvalue weighted by atomic mass is 16.7. The lowest BCUT2D eigenvalue weighted by molar-refractivity contribution is -0.183. The first-order valence-corrected chi connectivity index (χ1v) is 5.69. The third-order valence-corrected chi connectivity index (χ3v) is 2.75. The molecule has 18 heavy (non-hydrogen) atoms. The molecule has 96 valence electrons. The second-order valence-electron chi connectivity index (χ2n) is 3.83. The highest BCUT2D eigenvalue weighted by molar-refractivity contribution is 5.53. The summed E-state index contributed by atoms with van der Waals surface area (Å²) in [4.78, 5) is 0. The normalized spacial score (nSPS) is 16.1. The van der Waals surface area contributed by atoms with Gasteiger partial charge in [0.05, 0.1) is 27.4 Å². The van der Waals surface area contributed by atoms with E-state index in [1.807, 2.05) is 0 Å². The predicted molar refractivity (Wildman–Crippen MR) is 63.5 cm³/mol. The van der Waals surface area contributed by atoms with Crippen molar-refractivity contribution in [3.05, 3.63) is 23.3 Å². The van der Waals surface area contributed by atoms with Crippen LogP contribution in [0.4, 0.5) is 0 Å². The fourth-order valence-electron chi connectivity index (χ4n) is 1.86. The van der Waals surface area contributed by atoms with E-state index in [0.29, 0.717) is 35.8 Å². The number of rotatable bonds is 3. The SMILES string of the molecule is COc1cc(OC)c(C#N)c(C2OCCCO2)c1. The molecule has 0 saturated carbocycles. The Bertz CT molecular complexity index is 461. The molecule has 1 aromatic rings. The highest BCUT2D eigenvalue weighted by Crippen LogP contribution is 2.34. The summed E-state index contributed by atoms with van der Waals surface area (Å²) in [5.74, 6) is 1.07. The Morgan fingerprint density at radius 2 is 1.94 bits per heavy atom. The van der Waals surface area contributed by atoms with Gasteiger partial charge in [0.15, 0.2) is 6.29 Å². The number of nitriles is 1. The monoisotopic (exact) mass is 249 g/mol. The van der Waals surface area contributed by atoms with Gasteiger partial charge >= 0.3 is 0 Å². The van der Waals surface area contributed by atoms with Gasteiger partial charge in [0, 0.05) is 11.6 Å². The van der Waals surface area contributed by atoms with Gasteiger partial charge in [0.1, 0.15) is 23.1 Å². The zero-order valence-electron chi connectivity index (χ0n) is 10.4. The van der Waals surface area contributed by atoms with E-state index in [4.69, 9.17) is 18.9 Å². The Kier molecular flexibility index (Phi) is 4.03. The molecule has 2 rings (SSSR count). The first-order valence-electron chi connectivity index (χ1n) is 5.69. The molecule has 1 saturated heterocycles. The van der Waals surface area contributed by atoms with Crippen molar-refractivity contribution in [1.82, 2.24) is 0 Å². The summed E-state index contributed by atoms with van der Waals surface area (Å²) >= 11 is 0. The van der Waals surface area contributed by atoms with Crippen molar-refractivity contribution >= 4 is 0 Å². The van der Waals surface area contributed by atoms with Crippen molar-refractivity contribution in [2.45, 2.75) is 12.7 Å². The molecule has 1 aliphatic heterocycles. The Balaban J connectivity index is 2.45. The zero-order valence-corrected chi connectivity index (χ0v) is 10.4. The zero-order chi connectivity index (χ0) is 13.0. The maximum atomic E-state index is 9.24. The fraction of sp³-hybridized carbons (Fsp3) is 0.462. The van der Waals surface area contributed by atoms with Crippen LogP contribution in [0.25, 0.3) is 0 Å². The average Bonchev–Trinajstić information content (AvgIpc) is 2.46. The lowest BCUT2D eigenvalue weighted by Gasteiger charge is -2.25. The van der Waals surface area contributed by atoms with Crippen molar-refractivity contribution in [2.24, 2.45) is 0 Å². The highest BCUT2D eigenvalue weighted by Gasteiger charge is 2.23. The van der Waals surface area contributed by atoms with Crippen LogP contribution in [0.15, 0.2) is 12.1 Å². The predicted octanol–water partition coefficient (Wildman–Crippen LogP) is 2.01. The van der Waals surface area contributed by atoms with Crippen LogP contribution >= 0.6 is 0 Å². The summed E-state index contributed by atoms with van der Waals surface area (Å²) in [7, 11) is 3.08. The molecule has 1 fully saturated rings. The number of nitrogens with zero attached hydrogens (tertiary/aromatic N) is 1. The van der Waals surface area contributed by atoms with Crippen molar-refractivity contribution in [2.75, 3.05) is 27.4 Å². The van der Waals surface area contributed by atoms with Crippen LogP contribution in [0, 0.1) is 11.3 Å². The fourth-order valence-corrected chi connectivity index (χ4v) is 1.86. The molecule has 5 heteroatoms. The number of methoxy groups -OCH3 is 2. The number of benzene rings is 1. The molecule has 0 aliphatic carbocycles. The molecule has 1 heterocycles. The number of hydrogen-bond acceptors (Lipinski definition) is 5. The van der Waals surface area contributed by atoms with Crippen LogP contribution in [0.3, 0.4) is 0 Å². The number of hydrogen-bond donors (Lipinski definition) is 0. The van der Waals surface area contributed by atoms with Crippen LogP contribution < -0.4 is 9.47 Å². The van der Waals surface area contributed by atoms with Crippen LogP contribution in [0.5, 0.6) is 11.5 Å². The van der Waals surface area contributed by atoms with Crippen molar-refractivity contribution < 1.29 is 18.9 Å². The third kappa shape index (κ3) is 2.40. The molecule has 1 aromatic carbocycles. The Morgan fingerprint density at radius 1 is 1.22 bits per heavy atom. The van der Waals surface area contributed by atoms with Gasteiger partial charge < -0.3 is 18.9 Å². The molecular formula is C13H15NO4. The van der Waals surface area contributed by atoms with E-state index in [0.717, 1.165) is 6.42 Å². The Hall–Kier alpha value is -1.77. The second-order valence-corrected chi connectivity index (χ2v) is 3.83. The lowest BCUT2D eigenvalue weighted by Crippen LogP contribution is -2.19. The van der Waals surface area contributed by atoms with E-state index >= 15 is 0 Å². The minimum atomic E-state index is -0.530. The van der Waals surface area contributed by atoms with Crippen LogP contribution in [-0.4, -0.2) is 27.4 Å². The van der Waals surface area contributed by atoms with E-state index < -0.39 is 6.29 Å². The summed E-state index contributed by atoms with van der Waals surface area (Å²) in [6.07, 6.45) is 0.330. The summed E-state index contributed by atoms with van der Waals surface area (Å²) in [6, 6.07) is 5.54. The first kappa shape index (κ1) is 12.7. The molecule has 0 radical (unpaired) electrons. The van der Waals surface area contributed by atoms with E-state index in [2.05, 4.69) is 6.07 Å². The minimum absolute atomic E-state index is 0.421. The maximum absolute atomic E-state index is 9.24. The maximum Gasteiger partial charge on any atom is 0.185 e. The van der Waals surface area contributed by atoms with Gasteiger partial charge in [-0.3, -0.25) is 0 Å². The van der Waals surface area contributed by atoms with E-state index in [-0.39, 0.29) is 0 Å². The molecular weight excluding hydrogens is 234 g/mol. The number of ether oxygens (including phenoxy) is 4. The molecule has 1 aliphatic rings. The average molecular weight is 249 g/mol. The molecule has 0 unspecified atom stereocenters. The van der Waals surface area contributed by atoms with Gasteiger partial charge in [-0.1, -0.05) is 0 Å². The van der Waals surface area contributed by atoms with E-state index in [9.17, 15) is 5.26 Å². The van der Waals surface area contributed by atoms with Crippen molar-refractivity contribution in [3.63, 3.8) is 0 Å². The van der Waals surface area contributed by atoms with Crippen molar-refractivity contribution in [1.29, 1.82) is 5.26 Å². The standard InChI is InChI=1S/C13H15NO4/c1-15-9-6-10(13-17-4-3-5-18-13)11(8-14)12(7-9)16-2/h6-7,13H,3-5H2,1-2H3. The van der Waals surface area contributed by atoms with Gasteiger partial charge in [-0.25, -0.2) is 0 Å². The quantitative estimate of drug-likeness (QED) is 0.820. The molecule has 0 aromatic heterocycles. The van der Waals surface area contributed by atoms with Gasteiger partial charge in [0.2, 0.25) is 0 Å². The van der Waals surface area contributed by atoms with E-state index in [1.54, 1.807) is 19.2 Å². The van der Waals surface area contributed by atoms with Crippen LogP contribution in [0.1, 0.15) is 23.8 Å². The smallest absolute Gasteiger partial charge is 0.185 e. The summed E-state index contributed by atoms with van der Waals surface area (Å²) in [5.41, 5.74) is 1.07. The molecule has 0 N–H and O–H groups in total. The minimum Gasteiger partial charge on any atom is -0.497 e.